The number of carbonyl (C=O) groups excluding carboxylic acids is 1. The van der Waals surface area contributed by atoms with Crippen LogP contribution in [-0.4, -0.2) is 27.7 Å². The van der Waals surface area contributed by atoms with E-state index in [1.54, 1.807) is 13.0 Å². The molecule has 1 aliphatic heterocycles. The first-order valence-corrected chi connectivity index (χ1v) is 7.07. The molecule has 1 aliphatic rings. The van der Waals surface area contributed by atoms with Crippen LogP contribution in [0.25, 0.3) is 0 Å². The van der Waals surface area contributed by atoms with Gasteiger partial charge in [0.15, 0.2) is 0 Å². The molecule has 1 aromatic rings. The van der Waals surface area contributed by atoms with Crippen LogP contribution in [0.5, 0.6) is 0 Å². The summed E-state index contributed by atoms with van der Waals surface area (Å²) in [6.07, 6.45) is -0.0907. The van der Waals surface area contributed by atoms with Crippen LogP contribution in [0.4, 0.5) is 10.5 Å². The van der Waals surface area contributed by atoms with Crippen LogP contribution in [0, 0.1) is 0 Å². The van der Waals surface area contributed by atoms with Crippen molar-refractivity contribution in [2.24, 2.45) is 0 Å². The maximum absolute atomic E-state index is 11.9. The Labute approximate surface area is 105 Å². The fraction of sp³-hybridized carbons (Fsp3) is 0.364. The average Bonchev–Trinajstić information content (AvgIpc) is 2.75. The van der Waals surface area contributed by atoms with E-state index in [9.17, 15) is 13.2 Å². The summed E-state index contributed by atoms with van der Waals surface area (Å²) in [5, 5.41) is 3.08. The minimum Gasteiger partial charge on any atom is -0.449 e. The summed E-state index contributed by atoms with van der Waals surface area (Å²) in [5.74, 6) is 0. The second kappa shape index (κ2) is 4.85. The van der Waals surface area contributed by atoms with Gasteiger partial charge in [0, 0.05) is 12.2 Å². The molecule has 0 spiro atoms. The van der Waals surface area contributed by atoms with E-state index in [1.165, 1.54) is 12.1 Å². The standard InChI is InChI=1S/C11H14N2O4S/c1-2-17-11(14)13-18(15,16)9-4-3-8-5-6-12-10(8)7-9/h3-4,7,12H,2,5-6H2,1H3,(H,13,14). The predicted molar refractivity (Wildman–Crippen MR) is 66.0 cm³/mol. The zero-order valence-corrected chi connectivity index (χ0v) is 10.7. The summed E-state index contributed by atoms with van der Waals surface area (Å²) in [4.78, 5) is 11.2. The minimum atomic E-state index is -3.87. The highest BCUT2D eigenvalue weighted by Gasteiger charge is 2.20. The Balaban J connectivity index is 2.22. The zero-order valence-electron chi connectivity index (χ0n) is 9.89. The predicted octanol–water partition coefficient (Wildman–Crippen LogP) is 1.09. The molecule has 6 nitrogen and oxygen atoms in total. The van der Waals surface area contributed by atoms with E-state index in [1.807, 2.05) is 4.72 Å². The van der Waals surface area contributed by atoms with Crippen molar-refractivity contribution in [1.82, 2.24) is 4.72 Å². The Morgan fingerprint density at radius 2 is 2.28 bits per heavy atom. The summed E-state index contributed by atoms with van der Waals surface area (Å²) in [6, 6.07) is 4.74. The molecule has 0 atom stereocenters. The second-order valence-electron chi connectivity index (χ2n) is 3.82. The lowest BCUT2D eigenvalue weighted by molar-refractivity contribution is 0.158. The van der Waals surface area contributed by atoms with Gasteiger partial charge in [-0.2, -0.15) is 0 Å². The third-order valence-corrected chi connectivity index (χ3v) is 3.90. The SMILES string of the molecule is CCOC(=O)NS(=O)(=O)c1ccc2c(c1)NCC2. The molecule has 0 aliphatic carbocycles. The summed E-state index contributed by atoms with van der Waals surface area (Å²) < 4.78 is 30.2. The number of fused-ring (bicyclic) bond motifs is 1. The van der Waals surface area contributed by atoms with Crippen LogP contribution in [0.15, 0.2) is 23.1 Å². The zero-order chi connectivity index (χ0) is 13.2. The summed E-state index contributed by atoms with van der Waals surface area (Å²) in [5.41, 5.74) is 1.87. The maximum atomic E-state index is 11.9. The van der Waals surface area contributed by atoms with Crippen molar-refractivity contribution < 1.29 is 17.9 Å². The number of hydrogen-bond donors (Lipinski definition) is 2. The normalized spacial score (nSPS) is 13.6. The topological polar surface area (TPSA) is 84.5 Å². The lowest BCUT2D eigenvalue weighted by Gasteiger charge is -2.08. The summed E-state index contributed by atoms with van der Waals surface area (Å²) >= 11 is 0. The molecule has 0 saturated heterocycles. The summed E-state index contributed by atoms with van der Waals surface area (Å²) in [7, 11) is -3.87. The highest BCUT2D eigenvalue weighted by molar-refractivity contribution is 7.90. The molecule has 7 heteroatoms. The van der Waals surface area contributed by atoms with Gasteiger partial charge in [0.05, 0.1) is 11.5 Å². The Bertz CT molecular complexity index is 568. The maximum Gasteiger partial charge on any atom is 0.421 e. The molecule has 1 amide bonds. The van der Waals surface area contributed by atoms with Crippen molar-refractivity contribution in [3.8, 4) is 0 Å². The number of ether oxygens (including phenoxy) is 1. The van der Waals surface area contributed by atoms with Crippen molar-refractivity contribution >= 4 is 21.8 Å². The number of benzene rings is 1. The molecule has 2 rings (SSSR count). The lowest BCUT2D eigenvalue weighted by Crippen LogP contribution is -2.31. The fourth-order valence-corrected chi connectivity index (χ4v) is 2.68. The number of amides is 1. The second-order valence-corrected chi connectivity index (χ2v) is 5.50. The molecule has 0 bridgehead atoms. The van der Waals surface area contributed by atoms with Gasteiger partial charge >= 0.3 is 6.09 Å². The first-order valence-electron chi connectivity index (χ1n) is 5.59. The van der Waals surface area contributed by atoms with Gasteiger partial charge in [0.1, 0.15) is 0 Å². The largest absolute Gasteiger partial charge is 0.449 e. The smallest absolute Gasteiger partial charge is 0.421 e. The first kappa shape index (κ1) is 12.7. The van der Waals surface area contributed by atoms with Crippen molar-refractivity contribution in [3.63, 3.8) is 0 Å². The van der Waals surface area contributed by atoms with Crippen LogP contribution in [0.1, 0.15) is 12.5 Å². The van der Waals surface area contributed by atoms with Gasteiger partial charge in [0.2, 0.25) is 0 Å². The minimum absolute atomic E-state index is 0.0451. The van der Waals surface area contributed by atoms with E-state index in [4.69, 9.17) is 0 Å². The van der Waals surface area contributed by atoms with Crippen molar-refractivity contribution in [3.05, 3.63) is 23.8 Å². The Kier molecular flexibility index (Phi) is 3.42. The number of hydrogen-bond acceptors (Lipinski definition) is 5. The van der Waals surface area contributed by atoms with Gasteiger partial charge in [-0.25, -0.2) is 17.9 Å². The molecule has 0 fully saturated rings. The van der Waals surface area contributed by atoms with Crippen molar-refractivity contribution in [2.75, 3.05) is 18.5 Å². The van der Waals surface area contributed by atoms with E-state index in [-0.39, 0.29) is 11.5 Å². The number of carbonyl (C=O) groups is 1. The van der Waals surface area contributed by atoms with Gasteiger partial charge in [0.25, 0.3) is 10.0 Å². The van der Waals surface area contributed by atoms with Crippen LogP contribution in [0.2, 0.25) is 0 Å². The van der Waals surface area contributed by atoms with E-state index in [2.05, 4.69) is 10.1 Å². The van der Waals surface area contributed by atoms with E-state index in [0.717, 1.165) is 24.2 Å². The van der Waals surface area contributed by atoms with Gasteiger partial charge in [-0.1, -0.05) is 6.07 Å². The average molecular weight is 270 g/mol. The number of nitrogens with one attached hydrogen (secondary N) is 2. The third-order valence-electron chi connectivity index (χ3n) is 2.59. The third kappa shape index (κ3) is 2.56. The molecule has 0 radical (unpaired) electrons. The Hall–Kier alpha value is -1.76. The van der Waals surface area contributed by atoms with Crippen molar-refractivity contribution in [2.45, 2.75) is 18.2 Å². The highest BCUT2D eigenvalue weighted by atomic mass is 32.2. The fourth-order valence-electron chi connectivity index (χ4n) is 1.77. The van der Waals surface area contributed by atoms with Crippen molar-refractivity contribution in [1.29, 1.82) is 0 Å². The molecule has 1 aromatic carbocycles. The van der Waals surface area contributed by atoms with E-state index >= 15 is 0 Å². The molecule has 0 unspecified atom stereocenters. The molecule has 98 valence electrons. The first-order chi connectivity index (χ1) is 8.53. The lowest BCUT2D eigenvalue weighted by atomic mass is 10.2. The molecular formula is C11H14N2O4S. The number of anilines is 1. The van der Waals surface area contributed by atoms with Gasteiger partial charge in [-0.15, -0.1) is 0 Å². The molecule has 18 heavy (non-hydrogen) atoms. The van der Waals surface area contributed by atoms with Gasteiger partial charge in [-0.3, -0.25) is 0 Å². The monoisotopic (exact) mass is 270 g/mol. The highest BCUT2D eigenvalue weighted by Crippen LogP contribution is 2.25. The quantitative estimate of drug-likeness (QED) is 0.859. The Morgan fingerprint density at radius 1 is 1.50 bits per heavy atom. The molecule has 0 saturated carbocycles. The Morgan fingerprint density at radius 3 is 3.00 bits per heavy atom. The van der Waals surface area contributed by atoms with Crippen LogP contribution >= 0.6 is 0 Å². The van der Waals surface area contributed by atoms with Gasteiger partial charge in [-0.05, 0) is 31.0 Å². The number of sulfonamides is 1. The molecule has 0 aromatic heterocycles. The van der Waals surface area contributed by atoms with Crippen LogP contribution < -0.4 is 10.0 Å². The van der Waals surface area contributed by atoms with Crippen LogP contribution in [-0.2, 0) is 21.2 Å². The summed E-state index contributed by atoms with van der Waals surface area (Å²) in [6.45, 7) is 2.52. The number of rotatable bonds is 3. The van der Waals surface area contributed by atoms with Gasteiger partial charge < -0.3 is 10.1 Å². The molecule has 2 N–H and O–H groups in total. The van der Waals surface area contributed by atoms with E-state index in [0.29, 0.717) is 0 Å². The van der Waals surface area contributed by atoms with Crippen LogP contribution in [0.3, 0.4) is 0 Å². The molecule has 1 heterocycles. The van der Waals surface area contributed by atoms with E-state index < -0.39 is 16.1 Å². The molecular weight excluding hydrogens is 256 g/mol.